The highest BCUT2D eigenvalue weighted by Gasteiger charge is 1.99. The van der Waals surface area contributed by atoms with Crippen molar-refractivity contribution >= 4 is 44.0 Å². The summed E-state index contributed by atoms with van der Waals surface area (Å²) in [6.45, 7) is 0. The van der Waals surface area contributed by atoms with Crippen LogP contribution in [-0.2, 0) is 0 Å². The van der Waals surface area contributed by atoms with Gasteiger partial charge in [-0.1, -0.05) is 0 Å². The lowest BCUT2D eigenvalue weighted by molar-refractivity contribution is 0.630. The van der Waals surface area contributed by atoms with Gasteiger partial charge in [-0.25, -0.2) is 4.39 Å². The minimum Gasteiger partial charge on any atom is -0.207 e. The summed E-state index contributed by atoms with van der Waals surface area (Å²) in [5.41, 5.74) is 0. The van der Waals surface area contributed by atoms with Crippen LogP contribution in [-0.4, -0.2) is 0 Å². The predicted octanol–water partition coefficient (Wildman–Crippen LogP) is 3.65. The van der Waals surface area contributed by atoms with Gasteiger partial charge in [-0.2, -0.15) is 0 Å². The zero-order valence-electron chi connectivity index (χ0n) is 5.47. The molecule has 11 heavy (non-hydrogen) atoms. The van der Waals surface area contributed by atoms with E-state index in [4.69, 9.17) is 0 Å². The van der Waals surface area contributed by atoms with E-state index in [1.807, 2.05) is 12.1 Å². The van der Waals surface area contributed by atoms with Crippen LogP contribution in [0.3, 0.4) is 0 Å². The minimum absolute atomic E-state index is 0.160. The molecule has 0 unspecified atom stereocenters. The lowest BCUT2D eigenvalue weighted by Gasteiger charge is -1.86. The van der Waals surface area contributed by atoms with Crippen molar-refractivity contribution in [1.82, 2.24) is 0 Å². The first-order valence-electron chi connectivity index (χ1n) is 3.10. The van der Waals surface area contributed by atoms with Crippen LogP contribution in [0.2, 0.25) is 0 Å². The second-order valence-corrected chi connectivity index (χ2v) is 5.21. The molecule has 0 aliphatic carbocycles. The highest BCUT2D eigenvalue weighted by molar-refractivity contribution is 14.1. The predicted molar refractivity (Wildman–Crippen MR) is 54.5 cm³/mol. The third-order valence-corrected chi connectivity index (χ3v) is 3.32. The van der Waals surface area contributed by atoms with E-state index in [1.165, 1.54) is 8.95 Å². The van der Waals surface area contributed by atoms with E-state index in [0.717, 1.165) is 10.1 Å². The Labute approximate surface area is 81.2 Å². The number of benzene rings is 1. The van der Waals surface area contributed by atoms with E-state index in [-0.39, 0.29) is 5.82 Å². The van der Waals surface area contributed by atoms with Gasteiger partial charge in [0.05, 0.1) is 2.88 Å². The van der Waals surface area contributed by atoms with Crippen LogP contribution in [0.25, 0.3) is 10.1 Å². The van der Waals surface area contributed by atoms with E-state index >= 15 is 0 Å². The number of hydrogen-bond acceptors (Lipinski definition) is 1. The summed E-state index contributed by atoms with van der Waals surface area (Å²) in [4.78, 5) is 0. The Morgan fingerprint density at radius 2 is 2.09 bits per heavy atom. The second-order valence-electron chi connectivity index (χ2n) is 2.23. The van der Waals surface area contributed by atoms with Gasteiger partial charge in [-0.15, -0.1) is 11.3 Å². The van der Waals surface area contributed by atoms with E-state index in [9.17, 15) is 4.39 Å². The topological polar surface area (TPSA) is 0 Å². The molecule has 0 saturated heterocycles. The molecule has 1 aromatic heterocycles. The van der Waals surface area contributed by atoms with E-state index < -0.39 is 0 Å². The molecule has 0 spiro atoms. The molecule has 56 valence electrons. The largest absolute Gasteiger partial charge is 0.207 e. The van der Waals surface area contributed by atoms with Crippen molar-refractivity contribution in [2.45, 2.75) is 0 Å². The van der Waals surface area contributed by atoms with Crippen molar-refractivity contribution in [3.63, 3.8) is 0 Å². The summed E-state index contributed by atoms with van der Waals surface area (Å²) in [5.74, 6) is -0.160. The standard InChI is InChI=1S/C8H4FIS/c9-6-1-2-7-5(3-6)4-8(10)11-7/h1-4H. The average molecular weight is 278 g/mol. The number of halogens is 2. The summed E-state index contributed by atoms with van der Waals surface area (Å²) >= 11 is 3.92. The lowest BCUT2D eigenvalue weighted by atomic mass is 10.3. The van der Waals surface area contributed by atoms with Gasteiger partial charge in [0, 0.05) is 4.70 Å². The first-order chi connectivity index (χ1) is 5.25. The molecule has 0 amide bonds. The van der Waals surface area contributed by atoms with Gasteiger partial charge in [0.25, 0.3) is 0 Å². The van der Waals surface area contributed by atoms with Crippen LogP contribution >= 0.6 is 33.9 Å². The molecule has 0 bridgehead atoms. The van der Waals surface area contributed by atoms with E-state index in [1.54, 1.807) is 17.4 Å². The Kier molecular flexibility index (Phi) is 1.85. The quantitative estimate of drug-likeness (QED) is 0.645. The zero-order chi connectivity index (χ0) is 7.84. The molecule has 3 heteroatoms. The second kappa shape index (κ2) is 2.71. The number of thiophene rings is 1. The van der Waals surface area contributed by atoms with Crippen LogP contribution in [0.15, 0.2) is 24.3 Å². The van der Waals surface area contributed by atoms with Crippen LogP contribution in [0.4, 0.5) is 4.39 Å². The van der Waals surface area contributed by atoms with Crippen molar-refractivity contribution in [3.8, 4) is 0 Å². The molecule has 0 N–H and O–H groups in total. The molecule has 2 rings (SSSR count). The van der Waals surface area contributed by atoms with E-state index in [0.29, 0.717) is 0 Å². The van der Waals surface area contributed by atoms with Crippen LogP contribution in [0.1, 0.15) is 0 Å². The molecule has 1 aromatic carbocycles. The van der Waals surface area contributed by atoms with Crippen LogP contribution in [0.5, 0.6) is 0 Å². The summed E-state index contributed by atoms with van der Waals surface area (Å²) in [6.07, 6.45) is 0. The SMILES string of the molecule is Fc1ccc2sc(I)cc2c1. The molecule has 0 atom stereocenters. The molecular formula is C8H4FIS. The summed E-state index contributed by atoms with van der Waals surface area (Å²) in [5, 5.41) is 0.999. The molecule has 0 aliphatic rings. The molecular weight excluding hydrogens is 274 g/mol. The Bertz CT molecular complexity index is 394. The highest BCUT2D eigenvalue weighted by Crippen LogP contribution is 2.26. The Morgan fingerprint density at radius 3 is 2.91 bits per heavy atom. The first-order valence-corrected chi connectivity index (χ1v) is 5.00. The summed E-state index contributed by atoms with van der Waals surface area (Å²) in [6, 6.07) is 6.87. The van der Waals surface area contributed by atoms with Crippen molar-refractivity contribution in [1.29, 1.82) is 0 Å². The molecule has 2 aromatic rings. The monoisotopic (exact) mass is 278 g/mol. The van der Waals surface area contributed by atoms with Gasteiger partial charge in [0.15, 0.2) is 0 Å². The number of fused-ring (bicyclic) bond motifs is 1. The fraction of sp³-hybridized carbons (Fsp3) is 0. The van der Waals surface area contributed by atoms with Gasteiger partial charge >= 0.3 is 0 Å². The highest BCUT2D eigenvalue weighted by atomic mass is 127. The lowest BCUT2D eigenvalue weighted by Crippen LogP contribution is -1.68. The molecule has 0 aliphatic heterocycles. The van der Waals surface area contributed by atoms with Crippen molar-refractivity contribution in [2.75, 3.05) is 0 Å². The third-order valence-electron chi connectivity index (χ3n) is 1.45. The van der Waals surface area contributed by atoms with Crippen molar-refractivity contribution in [2.24, 2.45) is 0 Å². The van der Waals surface area contributed by atoms with Gasteiger partial charge in [0.1, 0.15) is 5.82 Å². The third kappa shape index (κ3) is 1.39. The first kappa shape index (κ1) is 7.49. The minimum atomic E-state index is -0.160. The summed E-state index contributed by atoms with van der Waals surface area (Å²) in [7, 11) is 0. The molecule has 0 radical (unpaired) electrons. The fourth-order valence-corrected chi connectivity index (χ4v) is 2.80. The van der Waals surface area contributed by atoms with Gasteiger partial charge in [-0.05, 0) is 52.2 Å². The normalized spacial score (nSPS) is 10.7. The van der Waals surface area contributed by atoms with E-state index in [2.05, 4.69) is 22.6 Å². The smallest absolute Gasteiger partial charge is 0.123 e. The molecule has 0 nitrogen and oxygen atoms in total. The molecule has 0 fully saturated rings. The summed E-state index contributed by atoms with van der Waals surface area (Å²) < 4.78 is 15.0. The Hall–Kier alpha value is -0.160. The van der Waals surface area contributed by atoms with Crippen molar-refractivity contribution in [3.05, 3.63) is 33.0 Å². The van der Waals surface area contributed by atoms with Crippen molar-refractivity contribution < 1.29 is 4.39 Å². The maximum atomic E-state index is 12.6. The molecule has 1 heterocycles. The van der Waals surface area contributed by atoms with Crippen LogP contribution in [0, 0.1) is 8.70 Å². The number of hydrogen-bond donors (Lipinski definition) is 0. The van der Waals surface area contributed by atoms with Crippen LogP contribution < -0.4 is 0 Å². The van der Waals surface area contributed by atoms with Gasteiger partial charge < -0.3 is 0 Å². The average Bonchev–Trinajstić information content (AvgIpc) is 2.27. The Morgan fingerprint density at radius 1 is 1.27 bits per heavy atom. The maximum Gasteiger partial charge on any atom is 0.123 e. The van der Waals surface area contributed by atoms with Gasteiger partial charge in [0.2, 0.25) is 0 Å². The fourth-order valence-electron chi connectivity index (χ4n) is 0.982. The maximum absolute atomic E-state index is 12.6. The number of rotatable bonds is 0. The Balaban J connectivity index is 2.82. The zero-order valence-corrected chi connectivity index (χ0v) is 8.45. The van der Waals surface area contributed by atoms with Gasteiger partial charge in [-0.3, -0.25) is 0 Å². The molecule has 0 saturated carbocycles.